The van der Waals surface area contributed by atoms with Crippen molar-refractivity contribution in [2.45, 2.75) is 32.7 Å². The largest absolute Gasteiger partial charge is 0.330 e. The highest BCUT2D eigenvalue weighted by molar-refractivity contribution is 4.80. The molecule has 3 nitrogen and oxygen atoms in total. The van der Waals surface area contributed by atoms with Crippen molar-refractivity contribution in [3.05, 3.63) is 0 Å². The monoisotopic (exact) mass is 213 g/mol. The molecular formula is C12H27N3. The van der Waals surface area contributed by atoms with Crippen LogP contribution in [0.15, 0.2) is 0 Å². The van der Waals surface area contributed by atoms with Crippen molar-refractivity contribution in [3.8, 4) is 0 Å². The van der Waals surface area contributed by atoms with Gasteiger partial charge in [-0.2, -0.15) is 0 Å². The maximum absolute atomic E-state index is 5.64. The molecule has 2 atom stereocenters. The Labute approximate surface area is 94.6 Å². The summed E-state index contributed by atoms with van der Waals surface area (Å²) in [4.78, 5) is 5.04. The summed E-state index contributed by atoms with van der Waals surface area (Å²) < 4.78 is 0. The lowest BCUT2D eigenvalue weighted by atomic mass is 10.1. The molecule has 0 aromatic rings. The second-order valence-corrected chi connectivity index (χ2v) is 4.99. The van der Waals surface area contributed by atoms with E-state index in [9.17, 15) is 0 Å². The number of hydrogen-bond donors (Lipinski definition) is 1. The van der Waals surface area contributed by atoms with Crippen molar-refractivity contribution in [1.29, 1.82) is 0 Å². The van der Waals surface area contributed by atoms with Crippen molar-refractivity contribution >= 4 is 0 Å². The van der Waals surface area contributed by atoms with Crippen molar-refractivity contribution in [2.24, 2.45) is 11.7 Å². The smallest absolute Gasteiger partial charge is 0.0223 e. The molecule has 1 heterocycles. The normalized spacial score (nSPS) is 25.0. The minimum atomic E-state index is 0.617. The maximum atomic E-state index is 5.64. The Morgan fingerprint density at radius 3 is 2.87 bits per heavy atom. The Bertz CT molecular complexity index is 172. The van der Waals surface area contributed by atoms with Gasteiger partial charge in [0, 0.05) is 19.1 Å². The number of likely N-dealkylation sites (N-methyl/N-ethyl adjacent to an activating group) is 2. The fourth-order valence-corrected chi connectivity index (χ4v) is 2.56. The number of nitrogens with zero attached hydrogens (tertiary/aromatic N) is 2. The van der Waals surface area contributed by atoms with E-state index in [1.165, 1.54) is 32.5 Å². The lowest BCUT2D eigenvalue weighted by Crippen LogP contribution is -2.40. The van der Waals surface area contributed by atoms with E-state index in [1.54, 1.807) is 0 Å². The second-order valence-electron chi connectivity index (χ2n) is 4.99. The molecule has 0 radical (unpaired) electrons. The molecule has 0 saturated carbocycles. The third-order valence-electron chi connectivity index (χ3n) is 3.45. The van der Waals surface area contributed by atoms with Gasteiger partial charge in [-0.1, -0.05) is 13.8 Å². The van der Waals surface area contributed by atoms with Crippen LogP contribution >= 0.6 is 0 Å². The molecule has 0 aromatic heterocycles. The van der Waals surface area contributed by atoms with Crippen LogP contribution in [0.5, 0.6) is 0 Å². The van der Waals surface area contributed by atoms with Crippen LogP contribution in [0.4, 0.5) is 0 Å². The van der Waals surface area contributed by atoms with Gasteiger partial charge in [0.05, 0.1) is 0 Å². The molecule has 2 unspecified atom stereocenters. The van der Waals surface area contributed by atoms with Crippen LogP contribution in [0.1, 0.15) is 26.7 Å². The van der Waals surface area contributed by atoms with Crippen molar-refractivity contribution in [2.75, 3.05) is 39.8 Å². The molecule has 1 aliphatic heterocycles. The average molecular weight is 213 g/mol. The standard InChI is InChI=1S/C12H27N3/c1-4-15-7-5-6-12(15)10-14(3)9-11(2)8-13/h11-12H,4-10,13H2,1-3H3. The van der Waals surface area contributed by atoms with E-state index in [2.05, 4.69) is 30.7 Å². The highest BCUT2D eigenvalue weighted by Crippen LogP contribution is 2.17. The van der Waals surface area contributed by atoms with E-state index >= 15 is 0 Å². The maximum Gasteiger partial charge on any atom is 0.0223 e. The van der Waals surface area contributed by atoms with Crippen LogP contribution in [-0.4, -0.2) is 55.6 Å². The van der Waals surface area contributed by atoms with Crippen molar-refractivity contribution < 1.29 is 0 Å². The summed E-state index contributed by atoms with van der Waals surface area (Å²) in [6.45, 7) is 10.1. The van der Waals surface area contributed by atoms with E-state index in [4.69, 9.17) is 5.73 Å². The summed E-state index contributed by atoms with van der Waals surface area (Å²) in [7, 11) is 2.22. The molecule has 1 saturated heterocycles. The Morgan fingerprint density at radius 1 is 1.53 bits per heavy atom. The van der Waals surface area contributed by atoms with Gasteiger partial charge in [0.2, 0.25) is 0 Å². The molecular weight excluding hydrogens is 186 g/mol. The summed E-state index contributed by atoms with van der Waals surface area (Å²) in [5.74, 6) is 0.617. The van der Waals surface area contributed by atoms with E-state index < -0.39 is 0 Å². The van der Waals surface area contributed by atoms with E-state index in [1.807, 2.05) is 0 Å². The zero-order valence-electron chi connectivity index (χ0n) is 10.6. The predicted molar refractivity (Wildman–Crippen MR) is 66.0 cm³/mol. The number of hydrogen-bond acceptors (Lipinski definition) is 3. The van der Waals surface area contributed by atoms with Crippen LogP contribution in [0, 0.1) is 5.92 Å². The molecule has 1 rings (SSSR count). The molecule has 0 aliphatic carbocycles. The Balaban J connectivity index is 2.27. The third kappa shape index (κ3) is 4.09. The first-order valence-corrected chi connectivity index (χ1v) is 6.30. The summed E-state index contributed by atoms with van der Waals surface area (Å²) in [5, 5.41) is 0. The van der Waals surface area contributed by atoms with E-state index in [0.29, 0.717) is 5.92 Å². The fourth-order valence-electron chi connectivity index (χ4n) is 2.56. The predicted octanol–water partition coefficient (Wildman–Crippen LogP) is 0.997. The number of likely N-dealkylation sites (tertiary alicyclic amines) is 1. The van der Waals surface area contributed by atoms with Gasteiger partial charge in [-0.15, -0.1) is 0 Å². The van der Waals surface area contributed by atoms with Gasteiger partial charge in [0.25, 0.3) is 0 Å². The molecule has 1 aliphatic rings. The molecule has 90 valence electrons. The molecule has 2 N–H and O–H groups in total. The van der Waals surface area contributed by atoms with Gasteiger partial charge in [-0.3, -0.25) is 4.90 Å². The molecule has 15 heavy (non-hydrogen) atoms. The molecule has 0 bridgehead atoms. The quantitative estimate of drug-likeness (QED) is 0.714. The number of nitrogens with two attached hydrogens (primary N) is 1. The highest BCUT2D eigenvalue weighted by Gasteiger charge is 2.24. The minimum absolute atomic E-state index is 0.617. The van der Waals surface area contributed by atoms with Crippen LogP contribution < -0.4 is 5.73 Å². The summed E-state index contributed by atoms with van der Waals surface area (Å²) >= 11 is 0. The Hall–Kier alpha value is -0.120. The second kappa shape index (κ2) is 6.46. The van der Waals surface area contributed by atoms with Gasteiger partial charge >= 0.3 is 0 Å². The van der Waals surface area contributed by atoms with Crippen molar-refractivity contribution in [1.82, 2.24) is 9.80 Å². The van der Waals surface area contributed by atoms with Crippen LogP contribution in [-0.2, 0) is 0 Å². The summed E-state index contributed by atoms with van der Waals surface area (Å²) in [6, 6.07) is 0.782. The van der Waals surface area contributed by atoms with Crippen molar-refractivity contribution in [3.63, 3.8) is 0 Å². The van der Waals surface area contributed by atoms with Gasteiger partial charge < -0.3 is 10.6 Å². The van der Waals surface area contributed by atoms with Crippen LogP contribution in [0.2, 0.25) is 0 Å². The van der Waals surface area contributed by atoms with E-state index in [0.717, 1.165) is 19.1 Å². The first-order chi connectivity index (χ1) is 7.17. The first kappa shape index (κ1) is 12.9. The first-order valence-electron chi connectivity index (χ1n) is 6.30. The molecule has 0 aromatic carbocycles. The van der Waals surface area contributed by atoms with E-state index in [-0.39, 0.29) is 0 Å². The Kier molecular flexibility index (Phi) is 5.58. The fraction of sp³-hybridized carbons (Fsp3) is 1.00. The third-order valence-corrected chi connectivity index (χ3v) is 3.45. The molecule has 1 fully saturated rings. The topological polar surface area (TPSA) is 32.5 Å². The average Bonchev–Trinajstić information content (AvgIpc) is 2.64. The zero-order chi connectivity index (χ0) is 11.3. The molecule has 3 heteroatoms. The Morgan fingerprint density at radius 2 is 2.27 bits per heavy atom. The van der Waals surface area contributed by atoms with Gasteiger partial charge in [-0.25, -0.2) is 0 Å². The van der Waals surface area contributed by atoms with Gasteiger partial charge in [0.15, 0.2) is 0 Å². The molecule has 0 amide bonds. The number of rotatable bonds is 6. The zero-order valence-corrected chi connectivity index (χ0v) is 10.6. The minimum Gasteiger partial charge on any atom is -0.330 e. The summed E-state index contributed by atoms with van der Waals surface area (Å²) in [6.07, 6.45) is 2.74. The summed E-state index contributed by atoms with van der Waals surface area (Å²) in [5.41, 5.74) is 5.64. The highest BCUT2D eigenvalue weighted by atomic mass is 15.2. The lowest BCUT2D eigenvalue weighted by Gasteiger charge is -2.29. The van der Waals surface area contributed by atoms with Gasteiger partial charge in [-0.05, 0) is 45.4 Å². The van der Waals surface area contributed by atoms with Gasteiger partial charge in [0.1, 0.15) is 0 Å². The van der Waals surface area contributed by atoms with Crippen LogP contribution in [0.25, 0.3) is 0 Å². The van der Waals surface area contributed by atoms with Crippen LogP contribution in [0.3, 0.4) is 0 Å². The lowest BCUT2D eigenvalue weighted by molar-refractivity contribution is 0.186. The molecule has 0 spiro atoms. The SMILES string of the molecule is CCN1CCCC1CN(C)CC(C)CN.